The van der Waals surface area contributed by atoms with E-state index in [1.165, 1.54) is 13.2 Å². The van der Waals surface area contributed by atoms with E-state index in [2.05, 4.69) is 10.6 Å². The van der Waals surface area contributed by atoms with E-state index in [4.69, 9.17) is 4.74 Å². The molecule has 0 saturated carbocycles. The topological polar surface area (TPSA) is 105 Å². The fourth-order valence-corrected chi connectivity index (χ4v) is 3.53. The van der Waals surface area contributed by atoms with Crippen LogP contribution >= 0.6 is 0 Å². The van der Waals surface area contributed by atoms with Crippen molar-refractivity contribution in [1.82, 2.24) is 5.32 Å². The Labute approximate surface area is 177 Å². The molecular weight excluding hydrogens is 406 g/mol. The Balaban J connectivity index is 2.23. The van der Waals surface area contributed by atoms with Crippen LogP contribution in [0.1, 0.15) is 30.6 Å². The van der Waals surface area contributed by atoms with Crippen LogP contribution in [0.5, 0.6) is 5.75 Å². The summed E-state index contributed by atoms with van der Waals surface area (Å²) in [4.78, 5) is 25.2. The molecule has 0 radical (unpaired) electrons. The number of nitrogens with one attached hydrogen (secondary N) is 2. The van der Waals surface area contributed by atoms with Crippen LogP contribution in [-0.2, 0) is 14.8 Å². The zero-order valence-corrected chi connectivity index (χ0v) is 18.3. The molecule has 1 atom stereocenters. The van der Waals surface area contributed by atoms with Gasteiger partial charge in [-0.15, -0.1) is 0 Å². The molecule has 0 unspecified atom stereocenters. The van der Waals surface area contributed by atoms with Gasteiger partial charge in [0, 0.05) is 12.1 Å². The lowest BCUT2D eigenvalue weighted by Crippen LogP contribution is -2.38. The minimum absolute atomic E-state index is 0.0185. The maximum atomic E-state index is 12.7. The number of benzene rings is 2. The highest BCUT2D eigenvalue weighted by atomic mass is 32.2. The van der Waals surface area contributed by atoms with E-state index >= 15 is 0 Å². The molecule has 8 nitrogen and oxygen atoms in total. The number of para-hydroxylation sites is 1. The van der Waals surface area contributed by atoms with Crippen LogP contribution in [-0.4, -0.2) is 46.2 Å². The molecule has 2 rings (SSSR count). The number of hydrogen-bond donors (Lipinski definition) is 2. The highest BCUT2D eigenvalue weighted by Crippen LogP contribution is 2.23. The second-order valence-corrected chi connectivity index (χ2v) is 8.75. The lowest BCUT2D eigenvalue weighted by molar-refractivity contribution is -0.114. The first-order valence-electron chi connectivity index (χ1n) is 9.47. The van der Waals surface area contributed by atoms with E-state index in [-0.39, 0.29) is 11.9 Å². The van der Waals surface area contributed by atoms with E-state index < -0.39 is 22.5 Å². The molecule has 0 bridgehead atoms. The highest BCUT2D eigenvalue weighted by molar-refractivity contribution is 7.92. The third-order valence-electron chi connectivity index (χ3n) is 4.46. The van der Waals surface area contributed by atoms with Crippen molar-refractivity contribution < 1.29 is 22.7 Å². The van der Waals surface area contributed by atoms with Gasteiger partial charge in [0.1, 0.15) is 12.3 Å². The van der Waals surface area contributed by atoms with Crippen molar-refractivity contribution in [3.05, 3.63) is 54.1 Å². The summed E-state index contributed by atoms with van der Waals surface area (Å²) in [6.07, 6.45) is 1.79. The fourth-order valence-electron chi connectivity index (χ4n) is 2.68. The molecule has 0 aliphatic carbocycles. The first kappa shape index (κ1) is 23.2. The summed E-state index contributed by atoms with van der Waals surface area (Å²) < 4.78 is 30.7. The second-order valence-electron chi connectivity index (χ2n) is 6.85. The standard InChI is InChI=1S/C21H27N3O5S/c1-5-15(2)22-21(26)18-11-6-7-12-19(18)23-20(25)14-24(30(4,27)28)16-9-8-10-17(13-16)29-3/h6-13,15H,5,14H2,1-4H3,(H,22,26)(H,23,25)/t15-/m0/s1. The van der Waals surface area contributed by atoms with Crippen molar-refractivity contribution >= 4 is 33.2 Å². The number of ether oxygens (including phenoxy) is 1. The number of carbonyl (C=O) groups is 2. The van der Waals surface area contributed by atoms with Crippen molar-refractivity contribution in [2.45, 2.75) is 26.3 Å². The van der Waals surface area contributed by atoms with Gasteiger partial charge in [-0.3, -0.25) is 13.9 Å². The Hall–Kier alpha value is -3.07. The number of hydrogen-bond acceptors (Lipinski definition) is 5. The van der Waals surface area contributed by atoms with Gasteiger partial charge in [-0.25, -0.2) is 8.42 Å². The zero-order chi connectivity index (χ0) is 22.3. The van der Waals surface area contributed by atoms with Gasteiger partial charge < -0.3 is 15.4 Å². The van der Waals surface area contributed by atoms with Crippen molar-refractivity contribution in [2.24, 2.45) is 0 Å². The van der Waals surface area contributed by atoms with E-state index in [1.54, 1.807) is 42.5 Å². The fraction of sp³-hybridized carbons (Fsp3) is 0.333. The van der Waals surface area contributed by atoms with Crippen molar-refractivity contribution in [2.75, 3.05) is 29.5 Å². The minimum atomic E-state index is -3.74. The van der Waals surface area contributed by atoms with Gasteiger partial charge in [0.15, 0.2) is 0 Å². The summed E-state index contributed by atoms with van der Waals surface area (Å²) in [6, 6.07) is 13.0. The Kier molecular flexibility index (Phi) is 7.82. The van der Waals surface area contributed by atoms with E-state index in [1.807, 2.05) is 13.8 Å². The van der Waals surface area contributed by atoms with Crippen LogP contribution in [0.2, 0.25) is 0 Å². The molecule has 30 heavy (non-hydrogen) atoms. The third kappa shape index (κ3) is 6.21. The average molecular weight is 434 g/mol. The predicted octanol–water partition coefficient (Wildman–Crippen LogP) is 2.63. The van der Waals surface area contributed by atoms with Crippen LogP contribution < -0.4 is 19.7 Å². The Morgan fingerprint density at radius 2 is 1.83 bits per heavy atom. The molecular formula is C21H27N3O5S. The smallest absolute Gasteiger partial charge is 0.253 e. The second kappa shape index (κ2) is 10.1. The first-order chi connectivity index (χ1) is 14.2. The van der Waals surface area contributed by atoms with Gasteiger partial charge in [0.2, 0.25) is 15.9 Å². The summed E-state index contributed by atoms with van der Waals surface area (Å²) in [5, 5.41) is 5.50. The molecule has 0 fully saturated rings. The van der Waals surface area contributed by atoms with Crippen LogP contribution in [0.25, 0.3) is 0 Å². The van der Waals surface area contributed by atoms with Crippen LogP contribution in [0.3, 0.4) is 0 Å². The highest BCUT2D eigenvalue weighted by Gasteiger charge is 2.22. The molecule has 0 heterocycles. The summed E-state index contributed by atoms with van der Waals surface area (Å²) in [7, 11) is -2.27. The average Bonchev–Trinajstić information content (AvgIpc) is 2.71. The lowest BCUT2D eigenvalue weighted by atomic mass is 10.1. The Morgan fingerprint density at radius 3 is 2.47 bits per heavy atom. The van der Waals surface area contributed by atoms with Gasteiger partial charge in [0.05, 0.1) is 30.3 Å². The summed E-state index contributed by atoms with van der Waals surface area (Å²) in [5.41, 5.74) is 0.913. The predicted molar refractivity (Wildman–Crippen MR) is 117 cm³/mol. The SMILES string of the molecule is CC[C@H](C)NC(=O)c1ccccc1NC(=O)CN(c1cccc(OC)c1)S(C)(=O)=O. The molecule has 0 saturated heterocycles. The molecule has 0 aliphatic heterocycles. The lowest BCUT2D eigenvalue weighted by Gasteiger charge is -2.22. The zero-order valence-electron chi connectivity index (χ0n) is 17.5. The van der Waals surface area contributed by atoms with Crippen LogP contribution in [0, 0.1) is 0 Å². The number of sulfonamides is 1. The monoisotopic (exact) mass is 433 g/mol. The molecule has 0 spiro atoms. The maximum absolute atomic E-state index is 12.7. The van der Waals surface area contributed by atoms with Crippen LogP contribution in [0.15, 0.2) is 48.5 Å². The molecule has 2 N–H and O–H groups in total. The number of amides is 2. The number of carbonyl (C=O) groups excluding carboxylic acids is 2. The normalized spacial score (nSPS) is 12.0. The summed E-state index contributed by atoms with van der Waals surface area (Å²) >= 11 is 0. The van der Waals surface area contributed by atoms with Crippen LogP contribution in [0.4, 0.5) is 11.4 Å². The van der Waals surface area contributed by atoms with Gasteiger partial charge in [-0.05, 0) is 37.6 Å². The van der Waals surface area contributed by atoms with Crippen molar-refractivity contribution in [3.63, 3.8) is 0 Å². The van der Waals surface area contributed by atoms with Crippen molar-refractivity contribution in [3.8, 4) is 5.75 Å². The molecule has 162 valence electrons. The van der Waals surface area contributed by atoms with E-state index in [0.29, 0.717) is 22.7 Å². The first-order valence-corrected chi connectivity index (χ1v) is 11.3. The third-order valence-corrected chi connectivity index (χ3v) is 5.61. The number of nitrogens with zero attached hydrogens (tertiary/aromatic N) is 1. The van der Waals surface area contributed by atoms with Gasteiger partial charge in [0.25, 0.3) is 5.91 Å². The maximum Gasteiger partial charge on any atom is 0.253 e. The van der Waals surface area contributed by atoms with E-state index in [0.717, 1.165) is 17.0 Å². The largest absolute Gasteiger partial charge is 0.497 e. The number of rotatable bonds is 9. The quantitative estimate of drug-likeness (QED) is 0.633. The summed E-state index contributed by atoms with van der Waals surface area (Å²) in [6.45, 7) is 3.39. The number of anilines is 2. The Morgan fingerprint density at radius 1 is 1.13 bits per heavy atom. The molecule has 2 aromatic rings. The minimum Gasteiger partial charge on any atom is -0.497 e. The van der Waals surface area contributed by atoms with E-state index in [9.17, 15) is 18.0 Å². The molecule has 9 heteroatoms. The van der Waals surface area contributed by atoms with Crippen molar-refractivity contribution in [1.29, 1.82) is 0 Å². The molecule has 0 aliphatic rings. The number of methoxy groups -OCH3 is 1. The molecule has 2 aromatic carbocycles. The molecule has 2 amide bonds. The summed E-state index contributed by atoms with van der Waals surface area (Å²) in [5.74, 6) is -0.423. The Bertz CT molecular complexity index is 1010. The molecule has 0 aromatic heterocycles. The van der Waals surface area contributed by atoms with Gasteiger partial charge in [-0.2, -0.15) is 0 Å². The van der Waals surface area contributed by atoms with Gasteiger partial charge >= 0.3 is 0 Å². The van der Waals surface area contributed by atoms with Gasteiger partial charge in [-0.1, -0.05) is 25.1 Å².